The maximum atomic E-state index is 12.3. The highest BCUT2D eigenvalue weighted by atomic mass is 79.9. The first kappa shape index (κ1) is 13.5. The van der Waals surface area contributed by atoms with Gasteiger partial charge in [-0.15, -0.1) is 11.3 Å². The number of rotatable bonds is 3. The highest BCUT2D eigenvalue weighted by Crippen LogP contribution is 2.29. The number of fused-ring (bicyclic) bond motifs is 1. The van der Waals surface area contributed by atoms with Gasteiger partial charge in [-0.25, -0.2) is 8.42 Å². The third-order valence-corrected chi connectivity index (χ3v) is 6.74. The van der Waals surface area contributed by atoms with Crippen molar-refractivity contribution in [2.24, 2.45) is 0 Å². The largest absolute Gasteiger partial charge is 0.279 e. The van der Waals surface area contributed by atoms with Gasteiger partial charge in [-0.3, -0.25) is 9.71 Å². The van der Waals surface area contributed by atoms with Gasteiger partial charge in [0, 0.05) is 21.7 Å². The summed E-state index contributed by atoms with van der Waals surface area (Å²) >= 11 is 4.41. The normalized spacial score (nSPS) is 11.7. The Balaban J connectivity index is 1.99. The second-order valence-corrected chi connectivity index (χ2v) is 7.72. The molecule has 2 aromatic heterocycles. The minimum atomic E-state index is -3.57. The molecule has 2 heterocycles. The van der Waals surface area contributed by atoms with Crippen LogP contribution in [0.15, 0.2) is 56.7 Å². The van der Waals surface area contributed by atoms with Gasteiger partial charge in [0.05, 0.1) is 5.52 Å². The molecule has 0 aliphatic heterocycles. The first-order valence-corrected chi connectivity index (χ1v) is 8.82. The van der Waals surface area contributed by atoms with E-state index in [4.69, 9.17) is 0 Å². The topological polar surface area (TPSA) is 59.1 Å². The van der Waals surface area contributed by atoms with Gasteiger partial charge in [0.1, 0.15) is 0 Å². The predicted molar refractivity (Wildman–Crippen MR) is 84.6 cm³/mol. The minimum absolute atomic E-state index is 0.267. The monoisotopic (exact) mass is 368 g/mol. The molecule has 0 saturated heterocycles. The zero-order chi connectivity index (χ0) is 14.2. The maximum Gasteiger partial charge on any atom is 0.272 e. The molecule has 0 saturated carbocycles. The van der Waals surface area contributed by atoms with Crippen LogP contribution in [0.3, 0.4) is 0 Å². The van der Waals surface area contributed by atoms with Crippen molar-refractivity contribution in [1.29, 1.82) is 0 Å². The van der Waals surface area contributed by atoms with Crippen molar-refractivity contribution in [1.82, 2.24) is 4.98 Å². The van der Waals surface area contributed by atoms with Crippen LogP contribution < -0.4 is 4.72 Å². The Labute approximate surface area is 128 Å². The maximum absolute atomic E-state index is 12.3. The number of benzene rings is 1. The van der Waals surface area contributed by atoms with E-state index in [0.29, 0.717) is 10.2 Å². The molecule has 4 nitrogen and oxygen atoms in total. The van der Waals surface area contributed by atoms with Crippen molar-refractivity contribution >= 4 is 53.9 Å². The van der Waals surface area contributed by atoms with Gasteiger partial charge in [-0.05, 0) is 51.6 Å². The molecule has 0 bridgehead atoms. The van der Waals surface area contributed by atoms with Crippen molar-refractivity contribution in [2.45, 2.75) is 4.21 Å². The lowest BCUT2D eigenvalue weighted by atomic mass is 10.2. The number of anilines is 1. The second-order valence-electron chi connectivity index (χ2n) is 4.07. The Kier molecular flexibility index (Phi) is 3.49. The van der Waals surface area contributed by atoms with Crippen molar-refractivity contribution in [2.75, 3.05) is 4.72 Å². The summed E-state index contributed by atoms with van der Waals surface area (Å²) in [6.07, 6.45) is 1.70. The molecule has 0 aliphatic carbocycles. The lowest BCUT2D eigenvalue weighted by Crippen LogP contribution is -2.11. The molecule has 102 valence electrons. The van der Waals surface area contributed by atoms with Crippen molar-refractivity contribution < 1.29 is 8.42 Å². The summed E-state index contributed by atoms with van der Waals surface area (Å²) < 4.78 is 28.0. The quantitative estimate of drug-likeness (QED) is 0.763. The molecule has 3 aromatic rings. The molecular formula is C13H9BrN2O2S2. The molecule has 0 atom stereocenters. The zero-order valence-corrected chi connectivity index (χ0v) is 13.3. The Morgan fingerprint density at radius 3 is 2.80 bits per heavy atom. The predicted octanol–water partition coefficient (Wildman–Crippen LogP) is 3.86. The van der Waals surface area contributed by atoms with Gasteiger partial charge < -0.3 is 0 Å². The standard InChI is InChI=1S/C13H9BrN2O2S2/c14-11-5-7-19-13(11)20(17,18)16-10-3-4-12-9(8-10)2-1-6-15-12/h1-8,16H. The Morgan fingerprint density at radius 1 is 1.20 bits per heavy atom. The van der Waals surface area contributed by atoms with Crippen molar-refractivity contribution in [3.05, 3.63) is 52.4 Å². The van der Waals surface area contributed by atoms with E-state index < -0.39 is 10.0 Å². The highest BCUT2D eigenvalue weighted by Gasteiger charge is 2.19. The van der Waals surface area contributed by atoms with E-state index in [0.717, 1.165) is 10.9 Å². The van der Waals surface area contributed by atoms with Crippen LogP contribution in [-0.2, 0) is 10.0 Å². The van der Waals surface area contributed by atoms with Gasteiger partial charge in [-0.2, -0.15) is 0 Å². The summed E-state index contributed by atoms with van der Waals surface area (Å²) in [5, 5.41) is 2.61. The fraction of sp³-hybridized carbons (Fsp3) is 0. The van der Waals surface area contributed by atoms with Crippen molar-refractivity contribution in [3.8, 4) is 0 Å². The van der Waals surface area contributed by atoms with Crippen LogP contribution in [0.2, 0.25) is 0 Å². The second kappa shape index (κ2) is 5.16. The first-order valence-electron chi connectivity index (χ1n) is 5.67. The summed E-state index contributed by atoms with van der Waals surface area (Å²) in [6, 6.07) is 10.7. The van der Waals surface area contributed by atoms with E-state index in [9.17, 15) is 8.42 Å². The summed E-state index contributed by atoms with van der Waals surface area (Å²) in [7, 11) is -3.57. The summed E-state index contributed by atoms with van der Waals surface area (Å²) in [5.41, 5.74) is 1.35. The molecule has 7 heteroatoms. The number of hydrogen-bond donors (Lipinski definition) is 1. The molecule has 0 amide bonds. The number of nitrogens with zero attached hydrogens (tertiary/aromatic N) is 1. The van der Waals surface area contributed by atoms with Crippen LogP contribution in [0.25, 0.3) is 10.9 Å². The van der Waals surface area contributed by atoms with E-state index >= 15 is 0 Å². The minimum Gasteiger partial charge on any atom is -0.279 e. The molecule has 1 N–H and O–H groups in total. The van der Waals surface area contributed by atoms with Gasteiger partial charge in [0.25, 0.3) is 10.0 Å². The van der Waals surface area contributed by atoms with Gasteiger partial charge in [0.2, 0.25) is 0 Å². The SMILES string of the molecule is O=S(=O)(Nc1ccc2ncccc2c1)c1sccc1Br. The number of halogens is 1. The number of thiophene rings is 1. The fourth-order valence-corrected chi connectivity index (χ4v) is 5.20. The average molecular weight is 369 g/mol. The van der Waals surface area contributed by atoms with Crippen molar-refractivity contribution in [3.63, 3.8) is 0 Å². The number of nitrogens with one attached hydrogen (secondary N) is 1. The summed E-state index contributed by atoms with van der Waals surface area (Å²) in [5.74, 6) is 0. The Morgan fingerprint density at radius 2 is 2.05 bits per heavy atom. The molecule has 1 aromatic carbocycles. The number of sulfonamides is 1. The fourth-order valence-electron chi connectivity index (χ4n) is 1.81. The first-order chi connectivity index (χ1) is 9.56. The number of pyridine rings is 1. The van der Waals surface area contributed by atoms with Gasteiger partial charge in [-0.1, -0.05) is 6.07 Å². The third-order valence-electron chi connectivity index (χ3n) is 2.68. The van der Waals surface area contributed by atoms with Gasteiger partial charge in [0.15, 0.2) is 4.21 Å². The molecule has 0 aliphatic rings. The van der Waals surface area contributed by atoms with Gasteiger partial charge >= 0.3 is 0 Å². The lowest BCUT2D eigenvalue weighted by molar-refractivity contribution is 0.603. The third kappa shape index (κ3) is 2.56. The van der Waals surface area contributed by atoms with E-state index in [2.05, 4.69) is 25.6 Å². The number of aromatic nitrogens is 1. The van der Waals surface area contributed by atoms with Crippen LogP contribution in [-0.4, -0.2) is 13.4 Å². The molecule has 3 rings (SSSR count). The van der Waals surface area contributed by atoms with E-state index in [-0.39, 0.29) is 4.21 Å². The van der Waals surface area contributed by atoms with Crippen LogP contribution in [0, 0.1) is 0 Å². The van der Waals surface area contributed by atoms with Crippen LogP contribution in [0.4, 0.5) is 5.69 Å². The molecular weight excluding hydrogens is 360 g/mol. The molecule has 0 unspecified atom stereocenters. The van der Waals surface area contributed by atoms with Crippen LogP contribution in [0.1, 0.15) is 0 Å². The van der Waals surface area contributed by atoms with E-state index in [1.54, 1.807) is 35.8 Å². The summed E-state index contributed by atoms with van der Waals surface area (Å²) in [6.45, 7) is 0. The molecule has 0 spiro atoms. The van der Waals surface area contributed by atoms with E-state index in [1.807, 2.05) is 12.1 Å². The van der Waals surface area contributed by atoms with Crippen LogP contribution in [0.5, 0.6) is 0 Å². The number of hydrogen-bond acceptors (Lipinski definition) is 4. The Hall–Kier alpha value is -1.44. The molecule has 0 radical (unpaired) electrons. The highest BCUT2D eigenvalue weighted by molar-refractivity contribution is 9.10. The lowest BCUT2D eigenvalue weighted by Gasteiger charge is -2.07. The van der Waals surface area contributed by atoms with E-state index in [1.165, 1.54) is 11.3 Å². The Bertz CT molecular complexity index is 875. The molecule has 20 heavy (non-hydrogen) atoms. The smallest absolute Gasteiger partial charge is 0.272 e. The summed E-state index contributed by atoms with van der Waals surface area (Å²) in [4.78, 5) is 4.20. The zero-order valence-electron chi connectivity index (χ0n) is 10.1. The van der Waals surface area contributed by atoms with Crippen LogP contribution >= 0.6 is 27.3 Å². The average Bonchev–Trinajstić information content (AvgIpc) is 2.85. The molecule has 0 fully saturated rings.